The highest BCUT2D eigenvalue weighted by Gasteiger charge is 2.31. The Bertz CT molecular complexity index is 633. The van der Waals surface area contributed by atoms with Crippen molar-refractivity contribution in [2.24, 2.45) is 5.73 Å². The van der Waals surface area contributed by atoms with Crippen molar-refractivity contribution in [3.8, 4) is 0 Å². The van der Waals surface area contributed by atoms with Crippen LogP contribution in [0.4, 0.5) is 4.39 Å². The monoisotopic (exact) mass is 301 g/mol. The highest BCUT2D eigenvalue weighted by Crippen LogP contribution is 2.20. The van der Waals surface area contributed by atoms with Gasteiger partial charge in [-0.1, -0.05) is 0 Å². The molecule has 0 atom stereocenters. The smallest absolute Gasteiger partial charge is 0.243 e. The summed E-state index contributed by atoms with van der Waals surface area (Å²) in [6, 6.07) is 3.48. The lowest BCUT2D eigenvalue weighted by Gasteiger charge is -2.31. The first-order chi connectivity index (χ1) is 9.36. The van der Waals surface area contributed by atoms with E-state index in [1.807, 2.05) is 0 Å². The predicted molar refractivity (Wildman–Crippen MR) is 70.7 cm³/mol. The van der Waals surface area contributed by atoms with Crippen molar-refractivity contribution in [3.63, 3.8) is 0 Å². The number of halogens is 1. The predicted octanol–water partition coefficient (Wildman–Crippen LogP) is -0.253. The van der Waals surface area contributed by atoms with E-state index < -0.39 is 15.8 Å². The van der Waals surface area contributed by atoms with Gasteiger partial charge in [0.05, 0.1) is 11.4 Å². The molecule has 1 aromatic rings. The molecule has 20 heavy (non-hydrogen) atoms. The zero-order valence-corrected chi connectivity index (χ0v) is 11.9. The molecule has 1 heterocycles. The molecule has 0 unspecified atom stereocenters. The van der Waals surface area contributed by atoms with Crippen LogP contribution in [0, 0.1) is 5.82 Å². The van der Waals surface area contributed by atoms with Crippen LogP contribution in [0.15, 0.2) is 23.1 Å². The Balaban J connectivity index is 2.33. The number of piperazine rings is 1. The van der Waals surface area contributed by atoms with Gasteiger partial charge in [0, 0.05) is 32.2 Å². The molecule has 0 spiro atoms. The molecule has 0 aromatic heterocycles. The van der Waals surface area contributed by atoms with Crippen LogP contribution in [0.25, 0.3) is 0 Å². The van der Waals surface area contributed by atoms with Gasteiger partial charge in [0.1, 0.15) is 5.82 Å². The Kier molecular flexibility index (Phi) is 4.07. The average molecular weight is 301 g/mol. The molecular weight excluding hydrogens is 285 g/mol. The van der Waals surface area contributed by atoms with Crippen LogP contribution in [0.2, 0.25) is 0 Å². The molecule has 1 fully saturated rings. The van der Waals surface area contributed by atoms with Crippen molar-refractivity contribution in [1.82, 2.24) is 9.21 Å². The second kappa shape index (κ2) is 5.47. The standard InChI is InChI=1S/C12H16FN3O3S/c1-15-4-5-16(8-12(15)17)20(18,19)10-2-3-11(13)9(6-10)7-14/h2-3,6H,4-5,7-8,14H2,1H3. The maximum atomic E-state index is 13.4. The lowest BCUT2D eigenvalue weighted by Crippen LogP contribution is -2.50. The van der Waals surface area contributed by atoms with E-state index in [1.54, 1.807) is 7.05 Å². The molecule has 1 saturated heterocycles. The number of carbonyl (C=O) groups is 1. The number of nitrogens with zero attached hydrogens (tertiary/aromatic N) is 2. The van der Waals surface area contributed by atoms with Gasteiger partial charge in [-0.2, -0.15) is 4.31 Å². The minimum absolute atomic E-state index is 0.0447. The normalized spacial score (nSPS) is 17.6. The summed E-state index contributed by atoms with van der Waals surface area (Å²) in [6.07, 6.45) is 0. The van der Waals surface area contributed by atoms with Gasteiger partial charge in [-0.15, -0.1) is 0 Å². The highest BCUT2D eigenvalue weighted by atomic mass is 32.2. The minimum Gasteiger partial charge on any atom is -0.343 e. The van der Waals surface area contributed by atoms with Gasteiger partial charge in [0.15, 0.2) is 0 Å². The highest BCUT2D eigenvalue weighted by molar-refractivity contribution is 7.89. The molecule has 0 saturated carbocycles. The van der Waals surface area contributed by atoms with E-state index in [4.69, 9.17) is 5.73 Å². The fourth-order valence-electron chi connectivity index (χ4n) is 1.96. The number of hydrogen-bond donors (Lipinski definition) is 1. The number of carbonyl (C=O) groups excluding carboxylic acids is 1. The molecule has 0 radical (unpaired) electrons. The van der Waals surface area contributed by atoms with Crippen LogP contribution < -0.4 is 5.73 Å². The Labute approximate surface area is 117 Å². The molecule has 6 nitrogen and oxygen atoms in total. The number of rotatable bonds is 3. The molecule has 2 N–H and O–H groups in total. The van der Waals surface area contributed by atoms with E-state index in [1.165, 1.54) is 17.0 Å². The average Bonchev–Trinajstić information content (AvgIpc) is 2.42. The van der Waals surface area contributed by atoms with E-state index in [2.05, 4.69) is 0 Å². The Hall–Kier alpha value is -1.51. The van der Waals surface area contributed by atoms with Crippen molar-refractivity contribution in [2.45, 2.75) is 11.4 Å². The topological polar surface area (TPSA) is 83.7 Å². The Morgan fingerprint density at radius 2 is 2.05 bits per heavy atom. The van der Waals surface area contributed by atoms with Crippen LogP contribution in [0.5, 0.6) is 0 Å². The van der Waals surface area contributed by atoms with Crippen LogP contribution >= 0.6 is 0 Å². The third-order valence-corrected chi connectivity index (χ3v) is 5.14. The van der Waals surface area contributed by atoms with E-state index in [-0.39, 0.29) is 36.0 Å². The Morgan fingerprint density at radius 1 is 1.35 bits per heavy atom. The summed E-state index contributed by atoms with van der Waals surface area (Å²) in [4.78, 5) is 13.0. The summed E-state index contributed by atoms with van der Waals surface area (Å²) in [5.41, 5.74) is 5.50. The van der Waals surface area contributed by atoms with Crippen molar-refractivity contribution in [1.29, 1.82) is 0 Å². The van der Waals surface area contributed by atoms with Crippen molar-refractivity contribution in [3.05, 3.63) is 29.6 Å². The zero-order valence-electron chi connectivity index (χ0n) is 11.0. The van der Waals surface area contributed by atoms with Crippen LogP contribution in [-0.4, -0.2) is 50.2 Å². The molecule has 1 aromatic carbocycles. The molecule has 0 aliphatic carbocycles. The maximum Gasteiger partial charge on any atom is 0.243 e. The first-order valence-electron chi connectivity index (χ1n) is 6.09. The number of benzene rings is 1. The molecule has 0 bridgehead atoms. The van der Waals surface area contributed by atoms with Crippen LogP contribution in [0.3, 0.4) is 0 Å². The summed E-state index contributed by atoms with van der Waals surface area (Å²) < 4.78 is 39.3. The third-order valence-electron chi connectivity index (χ3n) is 3.30. The van der Waals surface area contributed by atoms with Crippen molar-refractivity contribution >= 4 is 15.9 Å². The summed E-state index contributed by atoms with van der Waals surface area (Å²) >= 11 is 0. The first kappa shape index (κ1) is 14.9. The van der Waals surface area contributed by atoms with E-state index >= 15 is 0 Å². The zero-order chi connectivity index (χ0) is 14.9. The van der Waals surface area contributed by atoms with Crippen molar-refractivity contribution < 1.29 is 17.6 Å². The fourth-order valence-corrected chi connectivity index (χ4v) is 3.39. The van der Waals surface area contributed by atoms with Crippen LogP contribution in [0.1, 0.15) is 5.56 Å². The van der Waals surface area contributed by atoms with Gasteiger partial charge in [0.2, 0.25) is 15.9 Å². The van der Waals surface area contributed by atoms with Gasteiger partial charge in [-0.05, 0) is 18.2 Å². The number of likely N-dealkylation sites (N-methyl/N-ethyl adjacent to an activating group) is 1. The second-order valence-electron chi connectivity index (χ2n) is 4.61. The summed E-state index contributed by atoms with van der Waals surface area (Å²) in [6.45, 7) is 0.272. The molecular formula is C12H16FN3O3S. The third kappa shape index (κ3) is 2.67. The van der Waals surface area contributed by atoms with Gasteiger partial charge < -0.3 is 10.6 Å². The summed E-state index contributed by atoms with van der Waals surface area (Å²) in [5.74, 6) is -0.804. The van der Waals surface area contributed by atoms with Gasteiger partial charge in [-0.25, -0.2) is 12.8 Å². The lowest BCUT2D eigenvalue weighted by atomic mass is 10.2. The number of amides is 1. The largest absolute Gasteiger partial charge is 0.343 e. The number of nitrogens with two attached hydrogens (primary N) is 1. The number of sulfonamides is 1. The fraction of sp³-hybridized carbons (Fsp3) is 0.417. The minimum atomic E-state index is -3.80. The van der Waals surface area contributed by atoms with Crippen LogP contribution in [-0.2, 0) is 21.4 Å². The SMILES string of the molecule is CN1CCN(S(=O)(=O)c2ccc(F)c(CN)c2)CC1=O. The molecule has 8 heteroatoms. The number of hydrogen-bond acceptors (Lipinski definition) is 4. The molecule has 2 rings (SSSR count). The summed E-state index contributed by atoms with van der Waals surface area (Å²) in [5, 5.41) is 0. The molecule has 1 aliphatic heterocycles. The van der Waals surface area contributed by atoms with Gasteiger partial charge in [-0.3, -0.25) is 4.79 Å². The van der Waals surface area contributed by atoms with E-state index in [0.29, 0.717) is 6.54 Å². The second-order valence-corrected chi connectivity index (χ2v) is 6.55. The molecule has 1 aliphatic rings. The summed E-state index contributed by atoms with van der Waals surface area (Å²) in [7, 11) is -2.18. The molecule has 110 valence electrons. The maximum absolute atomic E-state index is 13.4. The van der Waals surface area contributed by atoms with Crippen molar-refractivity contribution in [2.75, 3.05) is 26.7 Å². The van der Waals surface area contributed by atoms with Gasteiger partial charge >= 0.3 is 0 Å². The van der Waals surface area contributed by atoms with Gasteiger partial charge in [0.25, 0.3) is 0 Å². The van der Waals surface area contributed by atoms with E-state index in [9.17, 15) is 17.6 Å². The Morgan fingerprint density at radius 3 is 2.65 bits per heavy atom. The first-order valence-corrected chi connectivity index (χ1v) is 7.53. The lowest BCUT2D eigenvalue weighted by molar-refractivity contribution is -0.132. The quantitative estimate of drug-likeness (QED) is 0.834. The molecule has 1 amide bonds. The van der Waals surface area contributed by atoms with E-state index in [0.717, 1.165) is 10.4 Å².